The van der Waals surface area contributed by atoms with Crippen LogP contribution in [0.25, 0.3) is 21.9 Å². The summed E-state index contributed by atoms with van der Waals surface area (Å²) < 4.78 is 7.58. The van der Waals surface area contributed by atoms with Crippen molar-refractivity contribution in [2.75, 3.05) is 4.90 Å². The van der Waals surface area contributed by atoms with Gasteiger partial charge in [0.25, 0.3) is 11.5 Å². The third-order valence-electron chi connectivity index (χ3n) is 6.25. The Hall–Kier alpha value is -3.98. The summed E-state index contributed by atoms with van der Waals surface area (Å²) in [6.45, 7) is 0.648. The van der Waals surface area contributed by atoms with E-state index < -0.39 is 0 Å². The van der Waals surface area contributed by atoms with Crippen LogP contribution in [-0.4, -0.2) is 32.0 Å². The maximum atomic E-state index is 13.4. The van der Waals surface area contributed by atoms with Crippen LogP contribution in [-0.2, 0) is 20.1 Å². The van der Waals surface area contributed by atoms with Gasteiger partial charge in [0.1, 0.15) is 11.6 Å². The average Bonchev–Trinajstić information content (AvgIpc) is 3.48. The second kappa shape index (κ2) is 7.28. The standard InChI is InChI=1S/C24H22N6O3/c1-29-23(30-12-14-2-4-16(33-15-5-6-15)9-18(14)24(30)32)20(11-26-29)13-3-7-17-19(8-13)21(10-25)27-28-22(17)31/h2-4,7-9,11,15H,5-6,10,12,25H2,1H3,(H,28,31). The van der Waals surface area contributed by atoms with Crippen LogP contribution in [0, 0.1) is 0 Å². The zero-order valence-electron chi connectivity index (χ0n) is 18.0. The molecule has 2 aromatic carbocycles. The van der Waals surface area contributed by atoms with Crippen LogP contribution in [0.1, 0.15) is 34.5 Å². The number of fused-ring (bicyclic) bond motifs is 2. The minimum atomic E-state index is -0.269. The maximum Gasteiger partial charge on any atom is 0.272 e. The van der Waals surface area contributed by atoms with Gasteiger partial charge in [0.2, 0.25) is 0 Å². The summed E-state index contributed by atoms with van der Waals surface area (Å²) in [7, 11) is 1.81. The highest BCUT2D eigenvalue weighted by molar-refractivity contribution is 6.11. The molecule has 6 rings (SSSR count). The van der Waals surface area contributed by atoms with E-state index in [0.717, 1.165) is 35.3 Å². The van der Waals surface area contributed by atoms with E-state index in [1.807, 2.05) is 37.4 Å². The highest BCUT2D eigenvalue weighted by Gasteiger charge is 2.33. The van der Waals surface area contributed by atoms with Gasteiger partial charge >= 0.3 is 0 Å². The number of rotatable bonds is 5. The Labute approximate surface area is 188 Å². The number of aromatic amines is 1. The first-order valence-electron chi connectivity index (χ1n) is 10.9. The number of nitrogens with zero attached hydrogens (tertiary/aromatic N) is 4. The lowest BCUT2D eigenvalue weighted by Crippen LogP contribution is -2.26. The molecule has 0 saturated heterocycles. The lowest BCUT2D eigenvalue weighted by Gasteiger charge is -2.18. The quantitative estimate of drug-likeness (QED) is 0.490. The largest absolute Gasteiger partial charge is 0.490 e. The van der Waals surface area contributed by atoms with Gasteiger partial charge in [-0.1, -0.05) is 12.1 Å². The van der Waals surface area contributed by atoms with Crippen LogP contribution in [0.4, 0.5) is 5.82 Å². The van der Waals surface area contributed by atoms with E-state index in [2.05, 4.69) is 15.3 Å². The molecule has 0 radical (unpaired) electrons. The molecule has 1 aliphatic heterocycles. The number of hydrogen-bond donors (Lipinski definition) is 2. The normalized spacial score (nSPS) is 15.3. The van der Waals surface area contributed by atoms with Crippen molar-refractivity contribution in [1.29, 1.82) is 0 Å². The summed E-state index contributed by atoms with van der Waals surface area (Å²) >= 11 is 0. The van der Waals surface area contributed by atoms with E-state index in [-0.39, 0.29) is 24.1 Å². The predicted molar refractivity (Wildman–Crippen MR) is 123 cm³/mol. The van der Waals surface area contributed by atoms with Gasteiger partial charge in [-0.15, -0.1) is 0 Å². The number of amides is 1. The highest BCUT2D eigenvalue weighted by atomic mass is 16.5. The number of ether oxygens (including phenoxy) is 1. The second-order valence-corrected chi connectivity index (χ2v) is 8.50. The molecule has 3 N–H and O–H groups in total. The number of nitrogens with two attached hydrogens (primary N) is 1. The number of aromatic nitrogens is 4. The Morgan fingerprint density at radius 3 is 2.76 bits per heavy atom. The fourth-order valence-electron chi connectivity index (χ4n) is 4.40. The van der Waals surface area contributed by atoms with Crippen LogP contribution in [0.2, 0.25) is 0 Å². The maximum absolute atomic E-state index is 13.4. The monoisotopic (exact) mass is 442 g/mol. The summed E-state index contributed by atoms with van der Waals surface area (Å²) in [4.78, 5) is 27.3. The number of H-pyrrole nitrogens is 1. The minimum Gasteiger partial charge on any atom is -0.490 e. The molecule has 1 saturated carbocycles. The Bertz CT molecular complexity index is 1480. The first kappa shape index (κ1) is 19.7. The van der Waals surface area contributed by atoms with Crippen molar-refractivity contribution in [2.45, 2.75) is 32.0 Å². The van der Waals surface area contributed by atoms with Crippen LogP contribution in [0.3, 0.4) is 0 Å². The summed E-state index contributed by atoms with van der Waals surface area (Å²) in [5.74, 6) is 1.34. The highest BCUT2D eigenvalue weighted by Crippen LogP contribution is 2.38. The molecule has 2 aliphatic rings. The van der Waals surface area contributed by atoms with E-state index in [0.29, 0.717) is 34.4 Å². The Balaban J connectivity index is 1.41. The van der Waals surface area contributed by atoms with Gasteiger partial charge in [0.15, 0.2) is 0 Å². The Kier molecular flexibility index (Phi) is 4.34. The SMILES string of the molecule is Cn1ncc(-c2ccc3c(=O)[nH]nc(CN)c3c2)c1N1Cc2ccc(OC3CC3)cc2C1=O. The van der Waals surface area contributed by atoms with Crippen molar-refractivity contribution < 1.29 is 9.53 Å². The van der Waals surface area contributed by atoms with Gasteiger partial charge in [0.05, 0.1) is 29.9 Å². The molecule has 166 valence electrons. The topological polar surface area (TPSA) is 119 Å². The van der Waals surface area contributed by atoms with Crippen LogP contribution in [0.15, 0.2) is 47.4 Å². The summed E-state index contributed by atoms with van der Waals surface area (Å²) in [6, 6.07) is 11.2. The Morgan fingerprint density at radius 1 is 1.12 bits per heavy atom. The molecule has 2 aromatic heterocycles. The molecular weight excluding hydrogens is 420 g/mol. The van der Waals surface area contributed by atoms with Gasteiger partial charge in [-0.2, -0.15) is 10.2 Å². The molecular formula is C24H22N6O3. The molecule has 4 aromatic rings. The molecule has 0 atom stereocenters. The number of nitrogens with one attached hydrogen (secondary N) is 1. The fraction of sp³-hybridized carbons (Fsp3) is 0.250. The van der Waals surface area contributed by atoms with Crippen molar-refractivity contribution in [3.05, 3.63) is 69.8 Å². The number of carbonyl (C=O) groups is 1. The first-order chi connectivity index (χ1) is 16.0. The lowest BCUT2D eigenvalue weighted by atomic mass is 10.0. The van der Waals surface area contributed by atoms with E-state index >= 15 is 0 Å². The molecule has 9 nitrogen and oxygen atoms in total. The summed E-state index contributed by atoms with van der Waals surface area (Å²) in [5.41, 5.74) is 9.39. The van der Waals surface area contributed by atoms with Crippen LogP contribution in [0.5, 0.6) is 5.75 Å². The van der Waals surface area contributed by atoms with Crippen molar-refractivity contribution in [1.82, 2.24) is 20.0 Å². The molecule has 1 fully saturated rings. The zero-order valence-corrected chi connectivity index (χ0v) is 18.0. The minimum absolute atomic E-state index is 0.0855. The lowest BCUT2D eigenvalue weighted by molar-refractivity contribution is 0.0994. The van der Waals surface area contributed by atoms with E-state index in [4.69, 9.17) is 10.5 Å². The molecule has 9 heteroatoms. The van der Waals surface area contributed by atoms with E-state index in [9.17, 15) is 9.59 Å². The van der Waals surface area contributed by atoms with Gasteiger partial charge in [-0.3, -0.25) is 19.2 Å². The fourth-order valence-corrected chi connectivity index (χ4v) is 4.40. The zero-order chi connectivity index (χ0) is 22.7. The summed E-state index contributed by atoms with van der Waals surface area (Å²) in [6.07, 6.45) is 4.13. The predicted octanol–water partition coefficient (Wildman–Crippen LogP) is 2.48. The molecule has 0 spiro atoms. The van der Waals surface area contributed by atoms with Gasteiger partial charge in [0, 0.05) is 30.1 Å². The van der Waals surface area contributed by atoms with Gasteiger partial charge in [-0.05, 0) is 48.2 Å². The average molecular weight is 442 g/mol. The van der Waals surface area contributed by atoms with Crippen molar-refractivity contribution >= 4 is 22.5 Å². The molecule has 3 heterocycles. The van der Waals surface area contributed by atoms with Crippen molar-refractivity contribution in [3.8, 4) is 16.9 Å². The first-order valence-corrected chi connectivity index (χ1v) is 10.9. The summed E-state index contributed by atoms with van der Waals surface area (Å²) in [5, 5.41) is 12.2. The third-order valence-corrected chi connectivity index (χ3v) is 6.25. The van der Waals surface area contributed by atoms with Crippen molar-refractivity contribution in [3.63, 3.8) is 0 Å². The molecule has 33 heavy (non-hydrogen) atoms. The van der Waals surface area contributed by atoms with E-state index in [1.54, 1.807) is 21.8 Å². The number of anilines is 1. The van der Waals surface area contributed by atoms with E-state index in [1.165, 1.54) is 0 Å². The van der Waals surface area contributed by atoms with Crippen molar-refractivity contribution in [2.24, 2.45) is 12.8 Å². The molecule has 0 unspecified atom stereocenters. The smallest absolute Gasteiger partial charge is 0.272 e. The number of carbonyl (C=O) groups excluding carboxylic acids is 1. The number of benzene rings is 2. The molecule has 0 bridgehead atoms. The Morgan fingerprint density at radius 2 is 1.97 bits per heavy atom. The second-order valence-electron chi connectivity index (χ2n) is 8.50. The molecule has 1 amide bonds. The number of aryl methyl sites for hydroxylation is 1. The van der Waals surface area contributed by atoms with Gasteiger partial charge in [-0.25, -0.2) is 5.10 Å². The number of hydrogen-bond acceptors (Lipinski definition) is 6. The van der Waals surface area contributed by atoms with Gasteiger partial charge < -0.3 is 10.5 Å². The third kappa shape index (κ3) is 3.20. The van der Waals surface area contributed by atoms with Crippen LogP contribution >= 0.6 is 0 Å². The van der Waals surface area contributed by atoms with Crippen LogP contribution < -0.4 is 20.9 Å². The molecule has 1 aliphatic carbocycles.